The molecule has 0 saturated carbocycles. The standard InChI is InChI=1S/C22H25N3O3S2/c1-17-7-5-6-14-25(17)30(26,27)20-12-10-19(11-13-20)16-29-22-24-23-21(28-22)15-18-8-3-2-4-9-18/h2-4,8-13,17H,5-7,14-16H2,1H3. The molecule has 0 N–H and O–H groups in total. The summed E-state index contributed by atoms with van der Waals surface area (Å²) in [6, 6.07) is 17.2. The van der Waals surface area contributed by atoms with Gasteiger partial charge in [-0.2, -0.15) is 4.31 Å². The Morgan fingerprint density at radius 1 is 1.03 bits per heavy atom. The first kappa shape index (κ1) is 21.1. The second kappa shape index (κ2) is 9.32. The molecule has 0 spiro atoms. The summed E-state index contributed by atoms with van der Waals surface area (Å²) in [5.41, 5.74) is 2.13. The number of sulfonamides is 1. The van der Waals surface area contributed by atoms with Gasteiger partial charge in [-0.05, 0) is 43.0 Å². The lowest BCUT2D eigenvalue weighted by Crippen LogP contribution is -2.41. The van der Waals surface area contributed by atoms with E-state index in [9.17, 15) is 8.42 Å². The molecule has 8 heteroatoms. The first-order valence-electron chi connectivity index (χ1n) is 10.1. The fourth-order valence-corrected chi connectivity index (χ4v) is 6.04. The van der Waals surface area contributed by atoms with Crippen molar-refractivity contribution in [2.45, 2.75) is 54.5 Å². The van der Waals surface area contributed by atoms with E-state index in [1.807, 2.05) is 49.4 Å². The van der Waals surface area contributed by atoms with E-state index in [1.54, 1.807) is 16.4 Å². The SMILES string of the molecule is CC1CCCCN1S(=O)(=O)c1ccc(CSc2nnc(Cc3ccccc3)o2)cc1. The number of benzene rings is 2. The topological polar surface area (TPSA) is 76.3 Å². The number of nitrogens with zero attached hydrogens (tertiary/aromatic N) is 3. The van der Waals surface area contributed by atoms with Crippen LogP contribution in [0.15, 0.2) is 69.1 Å². The maximum Gasteiger partial charge on any atom is 0.276 e. The van der Waals surface area contributed by atoms with Crippen molar-refractivity contribution in [2.75, 3.05) is 6.54 Å². The quantitative estimate of drug-likeness (QED) is 0.500. The number of thioether (sulfide) groups is 1. The van der Waals surface area contributed by atoms with Crippen LogP contribution in [0.3, 0.4) is 0 Å². The van der Waals surface area contributed by atoms with E-state index in [2.05, 4.69) is 10.2 Å². The van der Waals surface area contributed by atoms with Crippen LogP contribution in [0.5, 0.6) is 0 Å². The number of rotatable bonds is 7. The summed E-state index contributed by atoms with van der Waals surface area (Å²) >= 11 is 1.45. The molecule has 0 bridgehead atoms. The van der Waals surface area contributed by atoms with Gasteiger partial charge in [-0.15, -0.1) is 10.2 Å². The van der Waals surface area contributed by atoms with E-state index < -0.39 is 10.0 Å². The van der Waals surface area contributed by atoms with Gasteiger partial charge in [-0.3, -0.25) is 0 Å². The van der Waals surface area contributed by atoms with Gasteiger partial charge in [0.2, 0.25) is 15.9 Å². The summed E-state index contributed by atoms with van der Waals surface area (Å²) in [6.45, 7) is 2.59. The lowest BCUT2D eigenvalue weighted by Gasteiger charge is -2.32. The minimum absolute atomic E-state index is 0.0570. The molecule has 2 aromatic carbocycles. The highest BCUT2D eigenvalue weighted by Gasteiger charge is 2.30. The van der Waals surface area contributed by atoms with Crippen LogP contribution in [0.1, 0.15) is 43.2 Å². The van der Waals surface area contributed by atoms with Crippen LogP contribution < -0.4 is 0 Å². The van der Waals surface area contributed by atoms with Crippen LogP contribution in [0.25, 0.3) is 0 Å². The molecule has 1 fully saturated rings. The normalized spacial score (nSPS) is 17.8. The molecule has 30 heavy (non-hydrogen) atoms. The van der Waals surface area contributed by atoms with Crippen LogP contribution in [-0.4, -0.2) is 35.5 Å². The molecule has 1 aromatic heterocycles. The highest BCUT2D eigenvalue weighted by molar-refractivity contribution is 7.98. The first-order valence-corrected chi connectivity index (χ1v) is 12.5. The molecule has 1 atom stereocenters. The molecule has 2 heterocycles. The average molecular weight is 444 g/mol. The lowest BCUT2D eigenvalue weighted by atomic mass is 10.1. The summed E-state index contributed by atoms with van der Waals surface area (Å²) in [4.78, 5) is 0.355. The average Bonchev–Trinajstić information content (AvgIpc) is 3.21. The third-order valence-electron chi connectivity index (χ3n) is 5.28. The van der Waals surface area contributed by atoms with E-state index >= 15 is 0 Å². The Morgan fingerprint density at radius 3 is 2.53 bits per heavy atom. The smallest absolute Gasteiger partial charge is 0.276 e. The number of piperidine rings is 1. The third kappa shape index (κ3) is 4.94. The maximum atomic E-state index is 12.9. The zero-order chi connectivity index (χ0) is 21.0. The molecule has 1 aliphatic rings. The molecule has 3 aromatic rings. The van der Waals surface area contributed by atoms with E-state index in [-0.39, 0.29) is 6.04 Å². The van der Waals surface area contributed by atoms with Gasteiger partial charge in [-0.25, -0.2) is 8.42 Å². The van der Waals surface area contributed by atoms with Crippen molar-refractivity contribution in [3.05, 3.63) is 71.6 Å². The Morgan fingerprint density at radius 2 is 1.80 bits per heavy atom. The predicted octanol–water partition coefficient (Wildman–Crippen LogP) is 4.52. The maximum absolute atomic E-state index is 12.9. The van der Waals surface area contributed by atoms with Crippen molar-refractivity contribution >= 4 is 21.8 Å². The minimum Gasteiger partial charge on any atom is -0.416 e. The Kier molecular flexibility index (Phi) is 6.55. The van der Waals surface area contributed by atoms with Gasteiger partial charge < -0.3 is 4.42 Å². The van der Waals surface area contributed by atoms with E-state index in [1.165, 1.54) is 11.8 Å². The number of aromatic nitrogens is 2. The van der Waals surface area contributed by atoms with Crippen LogP contribution in [0.2, 0.25) is 0 Å². The molecule has 6 nitrogen and oxygen atoms in total. The van der Waals surface area contributed by atoms with Gasteiger partial charge in [0.15, 0.2) is 0 Å². The Hall–Kier alpha value is -2.16. The monoisotopic (exact) mass is 443 g/mol. The third-order valence-corrected chi connectivity index (χ3v) is 8.20. The van der Waals surface area contributed by atoms with Crippen LogP contribution in [0, 0.1) is 0 Å². The van der Waals surface area contributed by atoms with Crippen LogP contribution in [-0.2, 0) is 22.2 Å². The minimum atomic E-state index is -3.44. The summed E-state index contributed by atoms with van der Waals surface area (Å²) < 4.78 is 33.2. The van der Waals surface area contributed by atoms with Gasteiger partial charge in [-0.1, -0.05) is 60.6 Å². The van der Waals surface area contributed by atoms with Crippen molar-refractivity contribution in [2.24, 2.45) is 0 Å². The van der Waals surface area contributed by atoms with Crippen molar-refractivity contribution in [1.82, 2.24) is 14.5 Å². The van der Waals surface area contributed by atoms with Gasteiger partial charge in [0, 0.05) is 18.3 Å². The van der Waals surface area contributed by atoms with Gasteiger partial charge in [0.05, 0.1) is 11.3 Å². The van der Waals surface area contributed by atoms with Crippen LogP contribution >= 0.6 is 11.8 Å². The zero-order valence-electron chi connectivity index (χ0n) is 16.9. The molecule has 0 radical (unpaired) electrons. The summed E-state index contributed by atoms with van der Waals surface area (Å²) in [6.07, 6.45) is 3.54. The van der Waals surface area contributed by atoms with Gasteiger partial charge in [0.1, 0.15) is 0 Å². The fraction of sp³-hybridized carbons (Fsp3) is 0.364. The Labute approximate surface area is 181 Å². The van der Waals surface area contributed by atoms with Crippen molar-refractivity contribution < 1.29 is 12.8 Å². The lowest BCUT2D eigenvalue weighted by molar-refractivity contribution is 0.268. The molecule has 1 saturated heterocycles. The highest BCUT2D eigenvalue weighted by Crippen LogP contribution is 2.27. The Bertz CT molecular complexity index is 1070. The van der Waals surface area contributed by atoms with Gasteiger partial charge in [0.25, 0.3) is 5.22 Å². The molecule has 4 rings (SSSR count). The van der Waals surface area contributed by atoms with Crippen molar-refractivity contribution in [3.63, 3.8) is 0 Å². The summed E-state index contributed by atoms with van der Waals surface area (Å²) in [7, 11) is -3.44. The van der Waals surface area contributed by atoms with Crippen molar-refractivity contribution in [1.29, 1.82) is 0 Å². The molecular weight excluding hydrogens is 418 g/mol. The van der Waals surface area contributed by atoms with Gasteiger partial charge >= 0.3 is 0 Å². The summed E-state index contributed by atoms with van der Waals surface area (Å²) in [5, 5.41) is 8.72. The predicted molar refractivity (Wildman–Crippen MR) is 117 cm³/mol. The first-order chi connectivity index (χ1) is 14.5. The fourth-order valence-electron chi connectivity index (χ4n) is 3.61. The van der Waals surface area contributed by atoms with E-state index in [4.69, 9.17) is 4.42 Å². The highest BCUT2D eigenvalue weighted by atomic mass is 32.2. The second-order valence-corrected chi connectivity index (χ2v) is 10.3. The molecular formula is C22H25N3O3S2. The zero-order valence-corrected chi connectivity index (χ0v) is 18.5. The molecule has 0 aliphatic carbocycles. The largest absolute Gasteiger partial charge is 0.416 e. The molecule has 1 unspecified atom stereocenters. The molecule has 0 amide bonds. The van der Waals surface area contributed by atoms with E-state index in [0.717, 1.165) is 30.4 Å². The number of hydrogen-bond acceptors (Lipinski definition) is 6. The Balaban J connectivity index is 1.36. The van der Waals surface area contributed by atoms with Crippen LogP contribution in [0.4, 0.5) is 0 Å². The second-order valence-electron chi connectivity index (χ2n) is 7.52. The molecule has 158 valence electrons. The summed E-state index contributed by atoms with van der Waals surface area (Å²) in [5.74, 6) is 1.22. The molecule has 1 aliphatic heterocycles. The van der Waals surface area contributed by atoms with Crippen molar-refractivity contribution in [3.8, 4) is 0 Å². The number of hydrogen-bond donors (Lipinski definition) is 0. The van der Waals surface area contributed by atoms with E-state index in [0.29, 0.717) is 34.7 Å².